The van der Waals surface area contributed by atoms with Crippen LogP contribution in [0.25, 0.3) is 0 Å². The van der Waals surface area contributed by atoms with Crippen LogP contribution in [0.4, 0.5) is 14.5 Å². The molecule has 0 aromatic heterocycles. The number of carbonyl (C=O) groups excluding carboxylic acids is 2. The van der Waals surface area contributed by atoms with Crippen molar-refractivity contribution in [3.8, 4) is 0 Å². The van der Waals surface area contributed by atoms with Gasteiger partial charge < -0.3 is 10.1 Å². The first-order valence-electron chi connectivity index (χ1n) is 6.44. The summed E-state index contributed by atoms with van der Waals surface area (Å²) in [6.07, 6.45) is 0. The molecule has 0 spiro atoms. The summed E-state index contributed by atoms with van der Waals surface area (Å²) in [6.45, 7) is 1.31. The van der Waals surface area contributed by atoms with Gasteiger partial charge in [0.2, 0.25) is 0 Å². The molecule has 0 aliphatic carbocycles. The monoisotopic (exact) mass is 305 g/mol. The summed E-state index contributed by atoms with van der Waals surface area (Å²) in [5.41, 5.74) is 1.12. The van der Waals surface area contributed by atoms with Crippen LogP contribution in [0.5, 0.6) is 0 Å². The lowest BCUT2D eigenvalue weighted by Crippen LogP contribution is -2.21. The molecule has 1 amide bonds. The van der Waals surface area contributed by atoms with E-state index in [2.05, 4.69) is 5.32 Å². The molecular weight excluding hydrogens is 292 g/mol. The Balaban J connectivity index is 1.89. The fourth-order valence-electron chi connectivity index (χ4n) is 1.68. The number of aryl methyl sites for hydroxylation is 1. The third kappa shape index (κ3) is 4.12. The highest BCUT2D eigenvalue weighted by molar-refractivity contribution is 5.95. The Bertz CT molecular complexity index is 699. The molecule has 2 aromatic carbocycles. The number of anilines is 1. The average molecular weight is 305 g/mol. The smallest absolute Gasteiger partial charge is 0.338 e. The molecule has 0 aliphatic heterocycles. The van der Waals surface area contributed by atoms with Gasteiger partial charge in [0.1, 0.15) is 11.6 Å². The number of amides is 1. The van der Waals surface area contributed by atoms with E-state index in [4.69, 9.17) is 4.74 Å². The third-order valence-corrected chi connectivity index (χ3v) is 2.83. The maximum atomic E-state index is 13.3. The maximum Gasteiger partial charge on any atom is 0.338 e. The van der Waals surface area contributed by atoms with E-state index in [0.29, 0.717) is 11.6 Å². The van der Waals surface area contributed by atoms with Crippen molar-refractivity contribution in [2.24, 2.45) is 0 Å². The lowest BCUT2D eigenvalue weighted by Gasteiger charge is -2.07. The van der Waals surface area contributed by atoms with Gasteiger partial charge in [0.25, 0.3) is 5.91 Å². The second-order valence-corrected chi connectivity index (χ2v) is 4.61. The SMILES string of the molecule is Cc1ccc(C(=O)OCC(=O)Nc2ccc(F)cc2F)cc1. The first-order valence-corrected chi connectivity index (χ1v) is 6.44. The minimum absolute atomic E-state index is 0.183. The number of ether oxygens (including phenoxy) is 1. The fraction of sp³-hybridized carbons (Fsp3) is 0.125. The highest BCUT2D eigenvalue weighted by Gasteiger charge is 2.12. The molecule has 0 saturated carbocycles. The summed E-state index contributed by atoms with van der Waals surface area (Å²) >= 11 is 0. The highest BCUT2D eigenvalue weighted by Crippen LogP contribution is 2.14. The molecule has 0 atom stereocenters. The fourth-order valence-corrected chi connectivity index (χ4v) is 1.68. The highest BCUT2D eigenvalue weighted by atomic mass is 19.1. The number of esters is 1. The van der Waals surface area contributed by atoms with Gasteiger partial charge in [-0.2, -0.15) is 0 Å². The molecule has 22 heavy (non-hydrogen) atoms. The van der Waals surface area contributed by atoms with E-state index >= 15 is 0 Å². The van der Waals surface area contributed by atoms with Crippen molar-refractivity contribution >= 4 is 17.6 Å². The van der Waals surface area contributed by atoms with Gasteiger partial charge in [0, 0.05) is 6.07 Å². The summed E-state index contributed by atoms with van der Waals surface area (Å²) in [5.74, 6) is -3.03. The molecule has 0 fully saturated rings. The van der Waals surface area contributed by atoms with E-state index < -0.39 is 30.1 Å². The lowest BCUT2D eigenvalue weighted by atomic mass is 10.1. The first-order chi connectivity index (χ1) is 10.5. The zero-order chi connectivity index (χ0) is 16.1. The summed E-state index contributed by atoms with van der Waals surface area (Å²) in [7, 11) is 0. The van der Waals surface area contributed by atoms with Gasteiger partial charge in [-0.25, -0.2) is 13.6 Å². The summed E-state index contributed by atoms with van der Waals surface area (Å²) in [5, 5.41) is 2.20. The first kappa shape index (κ1) is 15.6. The topological polar surface area (TPSA) is 55.4 Å². The number of halogens is 2. The van der Waals surface area contributed by atoms with Crippen LogP contribution in [-0.4, -0.2) is 18.5 Å². The largest absolute Gasteiger partial charge is 0.452 e. The van der Waals surface area contributed by atoms with Crippen LogP contribution in [0.1, 0.15) is 15.9 Å². The molecule has 0 heterocycles. The van der Waals surface area contributed by atoms with Crippen molar-refractivity contribution < 1.29 is 23.1 Å². The second-order valence-electron chi connectivity index (χ2n) is 4.61. The van der Waals surface area contributed by atoms with Gasteiger partial charge in [-0.15, -0.1) is 0 Å². The summed E-state index contributed by atoms with van der Waals surface area (Å²) in [4.78, 5) is 23.3. The van der Waals surface area contributed by atoms with Gasteiger partial charge in [-0.3, -0.25) is 4.79 Å². The van der Waals surface area contributed by atoms with Crippen molar-refractivity contribution in [1.82, 2.24) is 0 Å². The van der Waals surface area contributed by atoms with E-state index in [1.165, 1.54) is 0 Å². The number of nitrogens with one attached hydrogen (secondary N) is 1. The normalized spacial score (nSPS) is 10.1. The zero-order valence-corrected chi connectivity index (χ0v) is 11.7. The lowest BCUT2D eigenvalue weighted by molar-refractivity contribution is -0.119. The summed E-state index contributed by atoms with van der Waals surface area (Å²) in [6, 6.07) is 9.38. The Morgan fingerprint density at radius 3 is 2.41 bits per heavy atom. The Morgan fingerprint density at radius 2 is 1.77 bits per heavy atom. The standard InChI is InChI=1S/C16H13F2NO3/c1-10-2-4-11(5-3-10)16(21)22-9-15(20)19-14-7-6-12(17)8-13(14)18/h2-8H,9H2,1H3,(H,19,20). The molecule has 2 aromatic rings. The Labute approximate surface area is 125 Å². The second kappa shape index (κ2) is 6.80. The molecule has 4 nitrogen and oxygen atoms in total. The van der Waals surface area contributed by atoms with Gasteiger partial charge in [0.05, 0.1) is 11.3 Å². The predicted octanol–water partition coefficient (Wildman–Crippen LogP) is 3.07. The van der Waals surface area contributed by atoms with Gasteiger partial charge in [-0.05, 0) is 31.2 Å². The minimum atomic E-state index is -0.904. The quantitative estimate of drug-likeness (QED) is 0.883. The minimum Gasteiger partial charge on any atom is -0.452 e. The molecule has 0 aliphatic rings. The van der Waals surface area contributed by atoms with Gasteiger partial charge in [0.15, 0.2) is 6.61 Å². The molecule has 2 rings (SSSR count). The Kier molecular flexibility index (Phi) is 4.83. The maximum absolute atomic E-state index is 13.3. The predicted molar refractivity (Wildman–Crippen MR) is 76.4 cm³/mol. The van der Waals surface area contributed by atoms with Crippen molar-refractivity contribution in [2.45, 2.75) is 6.92 Å². The van der Waals surface area contributed by atoms with Crippen LogP contribution in [0.2, 0.25) is 0 Å². The van der Waals surface area contributed by atoms with Crippen molar-refractivity contribution in [3.63, 3.8) is 0 Å². The third-order valence-electron chi connectivity index (χ3n) is 2.83. The van der Waals surface area contributed by atoms with E-state index in [0.717, 1.165) is 17.7 Å². The molecule has 0 bridgehead atoms. The van der Waals surface area contributed by atoms with E-state index in [1.807, 2.05) is 6.92 Å². The number of benzene rings is 2. The van der Waals surface area contributed by atoms with Crippen molar-refractivity contribution in [1.29, 1.82) is 0 Å². The van der Waals surface area contributed by atoms with Crippen molar-refractivity contribution in [2.75, 3.05) is 11.9 Å². The average Bonchev–Trinajstić information content (AvgIpc) is 2.48. The Morgan fingerprint density at radius 1 is 1.09 bits per heavy atom. The van der Waals surface area contributed by atoms with E-state index in [-0.39, 0.29) is 5.69 Å². The molecule has 0 saturated heterocycles. The van der Waals surface area contributed by atoms with E-state index in [9.17, 15) is 18.4 Å². The van der Waals surface area contributed by atoms with Crippen LogP contribution in [-0.2, 0) is 9.53 Å². The molecule has 114 valence electrons. The number of hydrogen-bond acceptors (Lipinski definition) is 3. The number of carbonyl (C=O) groups is 2. The Hall–Kier alpha value is -2.76. The molecule has 0 unspecified atom stereocenters. The van der Waals surface area contributed by atoms with Crippen LogP contribution in [0, 0.1) is 18.6 Å². The van der Waals surface area contributed by atoms with Crippen LogP contribution in [0.15, 0.2) is 42.5 Å². The van der Waals surface area contributed by atoms with Gasteiger partial charge >= 0.3 is 5.97 Å². The van der Waals surface area contributed by atoms with Gasteiger partial charge in [-0.1, -0.05) is 17.7 Å². The molecule has 1 N–H and O–H groups in total. The van der Waals surface area contributed by atoms with Crippen LogP contribution >= 0.6 is 0 Å². The molecule has 0 radical (unpaired) electrons. The molecule has 6 heteroatoms. The van der Waals surface area contributed by atoms with E-state index in [1.54, 1.807) is 24.3 Å². The van der Waals surface area contributed by atoms with Crippen molar-refractivity contribution in [3.05, 3.63) is 65.2 Å². The zero-order valence-electron chi connectivity index (χ0n) is 11.7. The number of rotatable bonds is 4. The summed E-state index contributed by atoms with van der Waals surface area (Å²) < 4.78 is 30.9. The number of hydrogen-bond donors (Lipinski definition) is 1. The van der Waals surface area contributed by atoms with Crippen LogP contribution in [0.3, 0.4) is 0 Å². The van der Waals surface area contributed by atoms with Crippen LogP contribution < -0.4 is 5.32 Å². The molecular formula is C16H13F2NO3.